The number of hydrogen-bond acceptors (Lipinski definition) is 3. The molecule has 0 radical (unpaired) electrons. The van der Waals surface area contributed by atoms with Crippen LogP contribution in [0.15, 0.2) is 72.8 Å². The van der Waals surface area contributed by atoms with E-state index in [0.29, 0.717) is 17.3 Å². The number of carbonyl (C=O) groups excluding carboxylic acids is 1. The van der Waals surface area contributed by atoms with Gasteiger partial charge in [0.2, 0.25) is 0 Å². The number of esters is 1. The molecule has 2 N–H and O–H groups in total. The molecule has 4 nitrogen and oxygen atoms in total. The number of benzene rings is 3. The number of nitrogens with one attached hydrogen (secondary N) is 2. The quantitative estimate of drug-likeness (QED) is 0.406. The largest absolute Gasteiger partial charge is 0.462 e. The Kier molecular flexibility index (Phi) is 7.20. The predicted octanol–water partition coefficient (Wildman–Crippen LogP) is 5.56. The summed E-state index contributed by atoms with van der Waals surface area (Å²) in [4.78, 5) is 12.1. The number of anilines is 1. The first-order chi connectivity index (χ1) is 14.5. The Hall–Kier alpha value is -3.18. The van der Waals surface area contributed by atoms with Crippen LogP contribution in [0.3, 0.4) is 0 Å². The summed E-state index contributed by atoms with van der Waals surface area (Å²) in [5, 5.41) is 7.18. The van der Waals surface area contributed by atoms with Crippen LogP contribution in [0.1, 0.15) is 45.6 Å². The standard InChI is InChI=1S/C25H26N2O2S/c1-4-29-24(28)20-15-14-18(3)22(16-20)26-25(30)27-23(19-11-6-5-7-12-19)21-13-9-8-10-17(21)2/h5-16,23H,4H2,1-3H3,(H2,26,27,30). The van der Waals surface area contributed by atoms with Gasteiger partial charge < -0.3 is 15.4 Å². The summed E-state index contributed by atoms with van der Waals surface area (Å²) in [6.45, 7) is 6.19. The molecule has 3 rings (SSSR count). The summed E-state index contributed by atoms with van der Waals surface area (Å²) in [6, 6.07) is 23.8. The molecule has 0 saturated heterocycles. The van der Waals surface area contributed by atoms with E-state index in [-0.39, 0.29) is 12.0 Å². The van der Waals surface area contributed by atoms with Crippen LogP contribution < -0.4 is 10.6 Å². The zero-order valence-electron chi connectivity index (χ0n) is 17.4. The van der Waals surface area contributed by atoms with Crippen LogP contribution in [0.25, 0.3) is 0 Å². The van der Waals surface area contributed by atoms with Gasteiger partial charge in [-0.1, -0.05) is 60.7 Å². The van der Waals surface area contributed by atoms with E-state index >= 15 is 0 Å². The van der Waals surface area contributed by atoms with E-state index in [2.05, 4.69) is 41.8 Å². The van der Waals surface area contributed by atoms with Gasteiger partial charge in [0.1, 0.15) is 0 Å². The first-order valence-electron chi connectivity index (χ1n) is 9.95. The number of hydrogen-bond donors (Lipinski definition) is 2. The second-order valence-corrected chi connectivity index (χ2v) is 7.46. The van der Waals surface area contributed by atoms with Crippen LogP contribution in [0.2, 0.25) is 0 Å². The van der Waals surface area contributed by atoms with E-state index in [1.54, 1.807) is 19.1 Å². The van der Waals surface area contributed by atoms with Gasteiger partial charge in [0, 0.05) is 5.69 Å². The summed E-state index contributed by atoms with van der Waals surface area (Å²) < 4.78 is 5.11. The summed E-state index contributed by atoms with van der Waals surface area (Å²) in [6.07, 6.45) is 0. The Morgan fingerprint density at radius 3 is 2.37 bits per heavy atom. The van der Waals surface area contributed by atoms with Crippen LogP contribution in [-0.2, 0) is 4.74 Å². The van der Waals surface area contributed by atoms with E-state index in [9.17, 15) is 4.79 Å². The molecule has 0 aromatic heterocycles. The Bertz CT molecular complexity index is 1030. The van der Waals surface area contributed by atoms with Crippen molar-refractivity contribution >= 4 is 29.0 Å². The molecule has 0 saturated carbocycles. The van der Waals surface area contributed by atoms with Gasteiger partial charge in [0.05, 0.1) is 18.2 Å². The fourth-order valence-corrected chi connectivity index (χ4v) is 3.51. The van der Waals surface area contributed by atoms with Gasteiger partial charge in [-0.15, -0.1) is 0 Å². The maximum Gasteiger partial charge on any atom is 0.338 e. The molecule has 3 aromatic rings. The molecule has 0 amide bonds. The Morgan fingerprint density at radius 2 is 1.67 bits per heavy atom. The lowest BCUT2D eigenvalue weighted by molar-refractivity contribution is 0.0526. The molecule has 0 aliphatic carbocycles. The van der Waals surface area contributed by atoms with Crippen LogP contribution in [0.4, 0.5) is 5.69 Å². The molecule has 0 aliphatic rings. The molecule has 1 atom stereocenters. The van der Waals surface area contributed by atoms with Gasteiger partial charge in [-0.3, -0.25) is 0 Å². The molecule has 0 spiro atoms. The summed E-state index contributed by atoms with van der Waals surface area (Å²) in [5.74, 6) is -0.346. The highest BCUT2D eigenvalue weighted by Crippen LogP contribution is 2.25. The topological polar surface area (TPSA) is 50.4 Å². The molecule has 5 heteroatoms. The highest BCUT2D eigenvalue weighted by atomic mass is 32.1. The molecular formula is C25H26N2O2S. The maximum absolute atomic E-state index is 12.1. The molecule has 154 valence electrons. The molecular weight excluding hydrogens is 392 g/mol. The SMILES string of the molecule is CCOC(=O)c1ccc(C)c(NC(=S)NC(c2ccccc2)c2ccccc2C)c1. The monoisotopic (exact) mass is 418 g/mol. The molecule has 1 unspecified atom stereocenters. The smallest absolute Gasteiger partial charge is 0.338 e. The molecule has 0 fully saturated rings. The lowest BCUT2D eigenvalue weighted by Gasteiger charge is -2.24. The average Bonchev–Trinajstić information content (AvgIpc) is 2.75. The number of carbonyl (C=O) groups is 1. The van der Waals surface area contributed by atoms with Crippen molar-refractivity contribution in [1.82, 2.24) is 5.32 Å². The van der Waals surface area contributed by atoms with Crippen molar-refractivity contribution in [3.05, 3.63) is 101 Å². The normalized spacial score (nSPS) is 11.4. The first kappa shape index (κ1) is 21.5. The van der Waals surface area contributed by atoms with Gasteiger partial charge in [-0.05, 0) is 67.4 Å². The van der Waals surface area contributed by atoms with Crippen molar-refractivity contribution in [2.75, 3.05) is 11.9 Å². The Labute approximate surface area is 183 Å². The van der Waals surface area contributed by atoms with Crippen LogP contribution in [0.5, 0.6) is 0 Å². The second-order valence-electron chi connectivity index (χ2n) is 7.05. The lowest BCUT2D eigenvalue weighted by atomic mass is 9.95. The second kappa shape index (κ2) is 10.0. The van der Waals surface area contributed by atoms with Crippen molar-refractivity contribution < 1.29 is 9.53 Å². The van der Waals surface area contributed by atoms with Crippen molar-refractivity contribution in [2.24, 2.45) is 0 Å². The number of aryl methyl sites for hydroxylation is 2. The lowest BCUT2D eigenvalue weighted by Crippen LogP contribution is -2.33. The van der Waals surface area contributed by atoms with Crippen molar-refractivity contribution in [3.8, 4) is 0 Å². The van der Waals surface area contributed by atoms with Crippen molar-refractivity contribution in [3.63, 3.8) is 0 Å². The third-order valence-electron chi connectivity index (χ3n) is 4.90. The van der Waals surface area contributed by atoms with Crippen LogP contribution in [0, 0.1) is 13.8 Å². The predicted molar refractivity (Wildman–Crippen MR) is 126 cm³/mol. The highest BCUT2D eigenvalue weighted by molar-refractivity contribution is 7.80. The fourth-order valence-electron chi connectivity index (χ4n) is 3.28. The number of ether oxygens (including phenoxy) is 1. The van der Waals surface area contributed by atoms with E-state index in [0.717, 1.165) is 22.4 Å². The maximum atomic E-state index is 12.1. The zero-order valence-corrected chi connectivity index (χ0v) is 18.3. The number of thiocarbonyl (C=S) groups is 1. The van der Waals surface area contributed by atoms with Gasteiger partial charge in [-0.2, -0.15) is 0 Å². The molecule has 0 heterocycles. The summed E-state index contributed by atoms with van der Waals surface area (Å²) in [7, 11) is 0. The van der Waals surface area contributed by atoms with E-state index in [1.807, 2.05) is 43.3 Å². The van der Waals surface area contributed by atoms with E-state index in [4.69, 9.17) is 17.0 Å². The van der Waals surface area contributed by atoms with E-state index in [1.165, 1.54) is 5.56 Å². The third kappa shape index (κ3) is 5.24. The van der Waals surface area contributed by atoms with Crippen LogP contribution >= 0.6 is 12.2 Å². The van der Waals surface area contributed by atoms with Crippen molar-refractivity contribution in [1.29, 1.82) is 0 Å². The minimum atomic E-state index is -0.346. The summed E-state index contributed by atoms with van der Waals surface area (Å²) in [5.41, 5.74) is 5.71. The molecule has 0 aliphatic heterocycles. The Morgan fingerprint density at radius 1 is 0.967 bits per heavy atom. The van der Waals surface area contributed by atoms with Gasteiger partial charge >= 0.3 is 5.97 Å². The van der Waals surface area contributed by atoms with Gasteiger partial charge in [-0.25, -0.2) is 4.79 Å². The first-order valence-corrected chi connectivity index (χ1v) is 10.4. The minimum Gasteiger partial charge on any atom is -0.462 e. The third-order valence-corrected chi connectivity index (χ3v) is 5.12. The Balaban J connectivity index is 1.85. The molecule has 0 bridgehead atoms. The number of rotatable bonds is 6. The van der Waals surface area contributed by atoms with Gasteiger partial charge in [0.25, 0.3) is 0 Å². The van der Waals surface area contributed by atoms with Crippen LogP contribution in [-0.4, -0.2) is 17.7 Å². The molecule has 30 heavy (non-hydrogen) atoms. The minimum absolute atomic E-state index is 0.0963. The fraction of sp³-hybridized carbons (Fsp3) is 0.200. The van der Waals surface area contributed by atoms with Gasteiger partial charge in [0.15, 0.2) is 5.11 Å². The highest BCUT2D eigenvalue weighted by Gasteiger charge is 2.17. The zero-order chi connectivity index (χ0) is 21.5. The van der Waals surface area contributed by atoms with E-state index < -0.39 is 0 Å². The molecule has 3 aromatic carbocycles. The summed E-state index contributed by atoms with van der Waals surface area (Å²) >= 11 is 5.64. The average molecular weight is 419 g/mol. The van der Waals surface area contributed by atoms with Crippen molar-refractivity contribution in [2.45, 2.75) is 26.8 Å².